The van der Waals surface area contributed by atoms with Crippen molar-refractivity contribution in [2.75, 3.05) is 6.26 Å². The fourth-order valence-corrected chi connectivity index (χ4v) is 3.81. The second-order valence-corrected chi connectivity index (χ2v) is 7.13. The lowest BCUT2D eigenvalue weighted by molar-refractivity contribution is 0.659. The van der Waals surface area contributed by atoms with E-state index in [9.17, 15) is 10.1 Å². The molecule has 0 radical (unpaired) electrons. The van der Waals surface area contributed by atoms with Gasteiger partial charge in [0.15, 0.2) is 5.16 Å². The van der Waals surface area contributed by atoms with Crippen molar-refractivity contribution in [2.45, 2.75) is 11.7 Å². The lowest BCUT2D eigenvalue weighted by atomic mass is 9.99. The SMILES string of the molecule is CSc1nc2ccccc2c(=O)n1Cc1ccc(-c2ccccc2C#N)cc1. The number of benzene rings is 3. The summed E-state index contributed by atoms with van der Waals surface area (Å²) >= 11 is 1.46. The van der Waals surface area contributed by atoms with Crippen molar-refractivity contribution in [3.63, 3.8) is 0 Å². The Morgan fingerprint density at radius 2 is 1.71 bits per heavy atom. The Kier molecular flexibility index (Phi) is 4.96. The minimum atomic E-state index is -0.0335. The lowest BCUT2D eigenvalue weighted by Crippen LogP contribution is -2.23. The molecule has 0 fully saturated rings. The van der Waals surface area contributed by atoms with Gasteiger partial charge in [0, 0.05) is 0 Å². The van der Waals surface area contributed by atoms with Gasteiger partial charge in [-0.25, -0.2) is 4.98 Å². The van der Waals surface area contributed by atoms with Crippen molar-refractivity contribution in [1.82, 2.24) is 9.55 Å². The monoisotopic (exact) mass is 383 g/mol. The van der Waals surface area contributed by atoms with Crippen molar-refractivity contribution in [3.8, 4) is 17.2 Å². The van der Waals surface area contributed by atoms with Crippen molar-refractivity contribution in [3.05, 3.63) is 94.3 Å². The number of fused-ring (bicyclic) bond motifs is 1. The third kappa shape index (κ3) is 3.30. The highest BCUT2D eigenvalue weighted by Gasteiger charge is 2.11. The molecular weight excluding hydrogens is 366 g/mol. The number of nitriles is 1. The number of aromatic nitrogens is 2. The van der Waals surface area contributed by atoms with E-state index in [2.05, 4.69) is 11.1 Å². The average molecular weight is 383 g/mol. The highest BCUT2D eigenvalue weighted by atomic mass is 32.2. The van der Waals surface area contributed by atoms with Gasteiger partial charge in [-0.2, -0.15) is 5.26 Å². The second kappa shape index (κ2) is 7.71. The molecule has 5 heteroatoms. The van der Waals surface area contributed by atoms with Gasteiger partial charge >= 0.3 is 0 Å². The molecule has 0 bridgehead atoms. The topological polar surface area (TPSA) is 58.7 Å². The molecule has 136 valence electrons. The van der Waals surface area contributed by atoms with Crippen LogP contribution in [0.15, 0.2) is 82.7 Å². The quantitative estimate of drug-likeness (QED) is 0.378. The van der Waals surface area contributed by atoms with E-state index in [-0.39, 0.29) is 5.56 Å². The van der Waals surface area contributed by atoms with Crippen LogP contribution in [0.3, 0.4) is 0 Å². The van der Waals surface area contributed by atoms with Gasteiger partial charge < -0.3 is 0 Å². The summed E-state index contributed by atoms with van der Waals surface area (Å²) < 4.78 is 1.71. The Morgan fingerprint density at radius 1 is 1.00 bits per heavy atom. The second-order valence-electron chi connectivity index (χ2n) is 6.36. The smallest absolute Gasteiger partial charge is 0.262 e. The first kappa shape index (κ1) is 18.0. The van der Waals surface area contributed by atoms with Crippen molar-refractivity contribution in [1.29, 1.82) is 5.26 Å². The average Bonchev–Trinajstić information content (AvgIpc) is 2.76. The zero-order valence-corrected chi connectivity index (χ0v) is 16.1. The van der Waals surface area contributed by atoms with Crippen LogP contribution in [-0.2, 0) is 6.54 Å². The van der Waals surface area contributed by atoms with Crippen LogP contribution < -0.4 is 5.56 Å². The van der Waals surface area contributed by atoms with Gasteiger partial charge in [0.25, 0.3) is 5.56 Å². The van der Waals surface area contributed by atoms with Crippen LogP contribution >= 0.6 is 11.8 Å². The molecule has 28 heavy (non-hydrogen) atoms. The van der Waals surface area contributed by atoms with Gasteiger partial charge in [-0.05, 0) is 41.1 Å². The van der Waals surface area contributed by atoms with E-state index >= 15 is 0 Å². The minimum Gasteiger partial charge on any atom is -0.283 e. The third-order valence-electron chi connectivity index (χ3n) is 4.66. The van der Waals surface area contributed by atoms with Gasteiger partial charge in [-0.3, -0.25) is 9.36 Å². The lowest BCUT2D eigenvalue weighted by Gasteiger charge is -2.12. The number of rotatable bonds is 4. The van der Waals surface area contributed by atoms with Gasteiger partial charge in [0.2, 0.25) is 0 Å². The van der Waals surface area contributed by atoms with Gasteiger partial charge in [-0.15, -0.1) is 0 Å². The molecule has 0 N–H and O–H groups in total. The summed E-state index contributed by atoms with van der Waals surface area (Å²) in [5.41, 5.74) is 4.23. The van der Waals surface area contributed by atoms with Crippen LogP contribution in [0.25, 0.3) is 22.0 Å². The first-order valence-electron chi connectivity index (χ1n) is 8.83. The fourth-order valence-electron chi connectivity index (χ4n) is 3.25. The third-order valence-corrected chi connectivity index (χ3v) is 5.34. The van der Waals surface area contributed by atoms with E-state index in [1.165, 1.54) is 11.8 Å². The van der Waals surface area contributed by atoms with E-state index in [0.717, 1.165) is 22.2 Å². The van der Waals surface area contributed by atoms with E-state index < -0.39 is 0 Å². The Hall–Kier alpha value is -3.36. The summed E-state index contributed by atoms with van der Waals surface area (Å²) in [7, 11) is 0. The highest BCUT2D eigenvalue weighted by Crippen LogP contribution is 2.24. The summed E-state index contributed by atoms with van der Waals surface area (Å²) in [6, 6.07) is 25.2. The number of hydrogen-bond acceptors (Lipinski definition) is 4. The Morgan fingerprint density at radius 3 is 2.46 bits per heavy atom. The molecule has 0 aliphatic heterocycles. The molecule has 4 aromatic rings. The van der Waals surface area contributed by atoms with Crippen molar-refractivity contribution in [2.24, 2.45) is 0 Å². The van der Waals surface area contributed by atoms with Crippen LogP contribution in [0.2, 0.25) is 0 Å². The van der Waals surface area contributed by atoms with Gasteiger partial charge in [-0.1, -0.05) is 66.4 Å². The Balaban J connectivity index is 1.72. The molecule has 4 nitrogen and oxygen atoms in total. The molecule has 0 aliphatic carbocycles. The first-order chi connectivity index (χ1) is 13.7. The maximum atomic E-state index is 13.0. The standard InChI is InChI=1S/C23H17N3OS/c1-28-23-25-21-9-5-4-8-20(21)22(27)26(23)15-16-10-12-17(13-11-16)19-7-3-2-6-18(19)14-24/h2-13H,15H2,1H3. The molecule has 0 saturated heterocycles. The zero-order chi connectivity index (χ0) is 19.5. The summed E-state index contributed by atoms with van der Waals surface area (Å²) in [5.74, 6) is 0. The maximum absolute atomic E-state index is 13.0. The predicted molar refractivity (Wildman–Crippen MR) is 113 cm³/mol. The fraction of sp³-hybridized carbons (Fsp3) is 0.0870. The van der Waals surface area contributed by atoms with Crippen LogP contribution in [0.5, 0.6) is 0 Å². The highest BCUT2D eigenvalue weighted by molar-refractivity contribution is 7.98. The van der Waals surface area contributed by atoms with Gasteiger partial charge in [0.05, 0.1) is 29.1 Å². The Bertz CT molecular complexity index is 1250. The summed E-state index contributed by atoms with van der Waals surface area (Å²) in [6.45, 7) is 0.451. The molecule has 1 aromatic heterocycles. The normalized spacial score (nSPS) is 10.7. The molecule has 0 amide bonds. The van der Waals surface area contributed by atoms with Crippen molar-refractivity contribution < 1.29 is 0 Å². The summed E-state index contributed by atoms with van der Waals surface area (Å²) in [5, 5.41) is 10.6. The molecule has 0 aliphatic rings. The minimum absolute atomic E-state index is 0.0335. The number of hydrogen-bond donors (Lipinski definition) is 0. The van der Waals surface area contributed by atoms with Crippen LogP contribution in [0, 0.1) is 11.3 Å². The molecule has 3 aromatic carbocycles. The predicted octanol–water partition coefficient (Wildman–Crippen LogP) is 4.71. The Labute approximate surface area is 167 Å². The van der Waals surface area contributed by atoms with E-state index in [1.807, 2.05) is 79.1 Å². The summed E-state index contributed by atoms with van der Waals surface area (Å²) in [4.78, 5) is 17.6. The summed E-state index contributed by atoms with van der Waals surface area (Å²) in [6.07, 6.45) is 1.93. The molecule has 0 spiro atoms. The van der Waals surface area contributed by atoms with E-state index in [4.69, 9.17) is 0 Å². The molecule has 1 heterocycles. The van der Waals surface area contributed by atoms with Crippen LogP contribution in [0.1, 0.15) is 11.1 Å². The van der Waals surface area contributed by atoms with E-state index in [0.29, 0.717) is 22.7 Å². The number of para-hydroxylation sites is 1. The number of nitrogens with zero attached hydrogens (tertiary/aromatic N) is 3. The van der Waals surface area contributed by atoms with Crippen molar-refractivity contribution >= 4 is 22.7 Å². The first-order valence-corrected chi connectivity index (χ1v) is 10.1. The number of thioether (sulfide) groups is 1. The molecule has 0 saturated carbocycles. The maximum Gasteiger partial charge on any atom is 0.262 e. The molecular formula is C23H17N3OS. The van der Waals surface area contributed by atoms with Crippen LogP contribution in [-0.4, -0.2) is 15.8 Å². The molecule has 0 atom stereocenters. The van der Waals surface area contributed by atoms with Gasteiger partial charge in [0.1, 0.15) is 0 Å². The molecule has 4 rings (SSSR count). The van der Waals surface area contributed by atoms with E-state index in [1.54, 1.807) is 4.57 Å². The largest absolute Gasteiger partial charge is 0.283 e. The zero-order valence-electron chi connectivity index (χ0n) is 15.3. The molecule has 0 unspecified atom stereocenters. The van der Waals surface area contributed by atoms with Crippen LogP contribution in [0.4, 0.5) is 0 Å².